The highest BCUT2D eigenvalue weighted by molar-refractivity contribution is 5.84. The van der Waals surface area contributed by atoms with Gasteiger partial charge in [0.25, 0.3) is 0 Å². The van der Waals surface area contributed by atoms with Crippen LogP contribution in [0.15, 0.2) is 0 Å². The molecule has 0 radical (unpaired) electrons. The van der Waals surface area contributed by atoms with Gasteiger partial charge in [-0.25, -0.2) is 0 Å². The van der Waals surface area contributed by atoms with Crippen molar-refractivity contribution in [2.45, 2.75) is 37.9 Å². The lowest BCUT2D eigenvalue weighted by Gasteiger charge is -2.43. The summed E-state index contributed by atoms with van der Waals surface area (Å²) >= 11 is 0. The zero-order valence-corrected chi connectivity index (χ0v) is 11.7. The summed E-state index contributed by atoms with van der Waals surface area (Å²) in [7, 11) is 0. The van der Waals surface area contributed by atoms with E-state index in [1.807, 2.05) is 0 Å². The number of hydrogen-bond donors (Lipinski definition) is 1. The predicted molar refractivity (Wildman–Crippen MR) is 65.5 cm³/mol. The van der Waals surface area contributed by atoms with Crippen LogP contribution < -0.4 is 0 Å². The molecule has 2 aliphatic rings. The van der Waals surface area contributed by atoms with Crippen LogP contribution in [0.1, 0.15) is 26.2 Å². The van der Waals surface area contributed by atoms with Crippen LogP contribution in [-0.2, 0) is 14.3 Å². The van der Waals surface area contributed by atoms with Crippen LogP contribution in [0, 0.1) is 11.8 Å². The maximum atomic E-state index is 12.8. The number of carboxylic acid groups (broad SMARTS) is 1. The molecule has 1 N–H and O–H groups in total. The fourth-order valence-electron chi connectivity index (χ4n) is 3.44. The van der Waals surface area contributed by atoms with E-state index < -0.39 is 29.5 Å². The molecule has 0 aromatic heterocycles. The Morgan fingerprint density at radius 2 is 1.86 bits per heavy atom. The zero-order valence-electron chi connectivity index (χ0n) is 11.7. The smallest absolute Gasteiger partial charge is 0.471 e. The van der Waals surface area contributed by atoms with Crippen LogP contribution in [0.25, 0.3) is 0 Å². The molecule has 2 heterocycles. The van der Waals surface area contributed by atoms with Crippen molar-refractivity contribution in [1.29, 1.82) is 0 Å². The first kappa shape index (κ1) is 16.1. The first-order chi connectivity index (χ1) is 9.66. The first-order valence-corrected chi connectivity index (χ1v) is 6.85. The number of carbonyl (C=O) groups excluding carboxylic acids is 1. The van der Waals surface area contributed by atoms with E-state index in [9.17, 15) is 22.8 Å². The molecule has 0 aromatic rings. The number of ether oxygens (including phenoxy) is 1. The Morgan fingerprint density at radius 1 is 1.29 bits per heavy atom. The van der Waals surface area contributed by atoms with Crippen LogP contribution in [0.5, 0.6) is 0 Å². The van der Waals surface area contributed by atoms with Crippen LogP contribution in [0.4, 0.5) is 13.2 Å². The van der Waals surface area contributed by atoms with Crippen molar-refractivity contribution in [2.24, 2.45) is 11.8 Å². The van der Waals surface area contributed by atoms with Gasteiger partial charge >= 0.3 is 18.1 Å². The molecular weight excluding hydrogens is 291 g/mol. The minimum atomic E-state index is -4.99. The molecule has 5 nitrogen and oxygen atoms in total. The average Bonchev–Trinajstić information content (AvgIpc) is 2.77. The van der Waals surface area contributed by atoms with Gasteiger partial charge < -0.3 is 14.7 Å². The molecule has 0 saturated carbocycles. The van der Waals surface area contributed by atoms with Crippen molar-refractivity contribution in [3.63, 3.8) is 0 Å². The van der Waals surface area contributed by atoms with Gasteiger partial charge in [-0.05, 0) is 32.1 Å². The van der Waals surface area contributed by atoms with Gasteiger partial charge in [-0.3, -0.25) is 9.59 Å². The molecule has 2 fully saturated rings. The average molecular weight is 309 g/mol. The van der Waals surface area contributed by atoms with Crippen molar-refractivity contribution in [3.05, 3.63) is 0 Å². The Hall–Kier alpha value is -1.31. The molecule has 2 aliphatic heterocycles. The van der Waals surface area contributed by atoms with Gasteiger partial charge in [0.05, 0.1) is 5.92 Å². The highest BCUT2D eigenvalue weighted by Crippen LogP contribution is 2.44. The van der Waals surface area contributed by atoms with Crippen LogP contribution in [0.2, 0.25) is 0 Å². The fraction of sp³-hybridized carbons (Fsp3) is 0.846. The molecule has 120 valence electrons. The standard InChI is InChI=1S/C13H18F3NO4/c1-12(9-2-4-21-5-3-9)6-8(10(18)19)7-17(12)11(20)13(14,15)16/h8-9H,2-7H2,1H3,(H,18,19). The van der Waals surface area contributed by atoms with Gasteiger partial charge in [0.2, 0.25) is 0 Å². The molecule has 2 unspecified atom stereocenters. The van der Waals surface area contributed by atoms with Gasteiger partial charge in [-0.15, -0.1) is 0 Å². The van der Waals surface area contributed by atoms with Crippen molar-refractivity contribution < 1.29 is 32.6 Å². The third kappa shape index (κ3) is 3.00. The minimum absolute atomic E-state index is 0.0504. The van der Waals surface area contributed by atoms with E-state index in [0.29, 0.717) is 26.1 Å². The van der Waals surface area contributed by atoms with Crippen molar-refractivity contribution in [3.8, 4) is 0 Å². The highest BCUT2D eigenvalue weighted by Gasteiger charge is 2.56. The molecule has 8 heteroatoms. The number of amides is 1. The Kier molecular flexibility index (Phi) is 4.19. The second-order valence-corrected chi connectivity index (χ2v) is 5.90. The Balaban J connectivity index is 2.29. The number of carbonyl (C=O) groups is 2. The van der Waals surface area contributed by atoms with Gasteiger partial charge in [-0.2, -0.15) is 13.2 Å². The Bertz CT molecular complexity index is 434. The number of nitrogens with zero attached hydrogens (tertiary/aromatic N) is 1. The summed E-state index contributed by atoms with van der Waals surface area (Å²) in [5.41, 5.74) is -1.08. The summed E-state index contributed by atoms with van der Waals surface area (Å²) in [4.78, 5) is 23.5. The third-order valence-electron chi connectivity index (χ3n) is 4.62. The number of alkyl halides is 3. The maximum Gasteiger partial charge on any atom is 0.471 e. The maximum absolute atomic E-state index is 12.8. The van der Waals surface area contributed by atoms with Gasteiger partial charge in [0.15, 0.2) is 0 Å². The van der Waals surface area contributed by atoms with E-state index in [2.05, 4.69) is 0 Å². The molecule has 2 atom stereocenters. The number of hydrogen-bond acceptors (Lipinski definition) is 3. The minimum Gasteiger partial charge on any atom is -0.481 e. The second-order valence-electron chi connectivity index (χ2n) is 5.90. The molecule has 1 amide bonds. The normalized spacial score (nSPS) is 31.4. The number of likely N-dealkylation sites (tertiary alicyclic amines) is 1. The third-order valence-corrected chi connectivity index (χ3v) is 4.62. The molecule has 2 rings (SSSR count). The second kappa shape index (κ2) is 5.47. The van der Waals surface area contributed by atoms with E-state index >= 15 is 0 Å². The van der Waals surface area contributed by atoms with Crippen molar-refractivity contribution in [1.82, 2.24) is 4.90 Å². The zero-order chi connectivity index (χ0) is 15.8. The van der Waals surface area contributed by atoms with Gasteiger partial charge in [0.1, 0.15) is 0 Å². The van der Waals surface area contributed by atoms with Crippen LogP contribution in [-0.4, -0.2) is 53.4 Å². The molecule has 2 saturated heterocycles. The largest absolute Gasteiger partial charge is 0.481 e. The number of aliphatic carboxylic acids is 1. The lowest BCUT2D eigenvalue weighted by Crippen LogP contribution is -2.55. The van der Waals surface area contributed by atoms with Crippen LogP contribution >= 0.6 is 0 Å². The van der Waals surface area contributed by atoms with E-state index in [1.165, 1.54) is 0 Å². The number of halogens is 3. The first-order valence-electron chi connectivity index (χ1n) is 6.85. The Labute approximate surface area is 120 Å². The number of carboxylic acids is 1. The molecule has 0 spiro atoms. The quantitative estimate of drug-likeness (QED) is 0.842. The Morgan fingerprint density at radius 3 is 2.33 bits per heavy atom. The molecule has 0 bridgehead atoms. The molecule has 21 heavy (non-hydrogen) atoms. The van der Waals surface area contributed by atoms with Gasteiger partial charge in [-0.1, -0.05) is 0 Å². The summed E-state index contributed by atoms with van der Waals surface area (Å²) in [6, 6.07) is 0. The van der Waals surface area contributed by atoms with Crippen LogP contribution in [0.3, 0.4) is 0 Å². The summed E-state index contributed by atoms with van der Waals surface area (Å²) in [6.45, 7) is 2.02. The van der Waals surface area contributed by atoms with E-state index in [4.69, 9.17) is 9.84 Å². The highest BCUT2D eigenvalue weighted by atomic mass is 19.4. The van der Waals surface area contributed by atoms with Gasteiger partial charge in [0, 0.05) is 25.3 Å². The molecule has 0 aliphatic carbocycles. The SMILES string of the molecule is CC1(C2CCOCC2)CC(C(=O)O)CN1C(=O)C(F)(F)F. The summed E-state index contributed by atoms with van der Waals surface area (Å²) in [6.07, 6.45) is -3.87. The number of rotatable bonds is 2. The topological polar surface area (TPSA) is 66.8 Å². The molecular formula is C13H18F3NO4. The lowest BCUT2D eigenvalue weighted by atomic mass is 9.77. The van der Waals surface area contributed by atoms with E-state index in [0.717, 1.165) is 4.90 Å². The fourth-order valence-corrected chi connectivity index (χ4v) is 3.44. The molecule has 0 aromatic carbocycles. The summed E-state index contributed by atoms with van der Waals surface area (Å²) < 4.78 is 43.5. The monoisotopic (exact) mass is 309 g/mol. The predicted octanol–water partition coefficient (Wildman–Crippen LogP) is 1.67. The van der Waals surface area contributed by atoms with Crippen molar-refractivity contribution >= 4 is 11.9 Å². The van der Waals surface area contributed by atoms with E-state index in [-0.39, 0.29) is 18.9 Å². The van der Waals surface area contributed by atoms with Crippen molar-refractivity contribution in [2.75, 3.05) is 19.8 Å². The van der Waals surface area contributed by atoms with E-state index in [1.54, 1.807) is 6.92 Å². The lowest BCUT2D eigenvalue weighted by molar-refractivity contribution is -0.191. The summed E-state index contributed by atoms with van der Waals surface area (Å²) in [5, 5.41) is 9.10. The summed E-state index contributed by atoms with van der Waals surface area (Å²) in [5.74, 6) is -4.24.